The van der Waals surface area contributed by atoms with Crippen LogP contribution >= 0.6 is 0 Å². The fourth-order valence-corrected chi connectivity index (χ4v) is 3.93. The molecule has 5 aromatic carbocycles. The van der Waals surface area contributed by atoms with E-state index in [2.05, 4.69) is 0 Å². The molecule has 0 saturated carbocycles. The first-order valence-corrected chi connectivity index (χ1v) is 13.3. The van der Waals surface area contributed by atoms with Crippen LogP contribution in [0, 0.1) is 43.5 Å². The summed E-state index contributed by atoms with van der Waals surface area (Å²) in [6, 6.07) is 18.1. The maximum atomic E-state index is 14.9. The summed E-state index contributed by atoms with van der Waals surface area (Å²) in [7, 11) is 0. The van der Waals surface area contributed by atoms with E-state index in [4.69, 9.17) is 18.9 Å². The maximum Gasteiger partial charge on any atom is 0.343 e. The molecule has 0 bridgehead atoms. The number of carbonyl (C=O) groups excluding carboxylic acids is 2. The summed E-state index contributed by atoms with van der Waals surface area (Å²) in [5.74, 6) is -13.0. The van der Waals surface area contributed by atoms with Crippen molar-refractivity contribution in [3.8, 4) is 34.5 Å². The fourth-order valence-electron chi connectivity index (χ4n) is 3.93. The van der Waals surface area contributed by atoms with Crippen LogP contribution in [0.5, 0.6) is 34.5 Å². The van der Waals surface area contributed by atoms with E-state index in [0.29, 0.717) is 0 Å². The molecule has 0 saturated heterocycles. The second-order valence-electron chi connectivity index (χ2n) is 9.45. The molecular weight excluding hydrogens is 648 g/mol. The normalized spacial score (nSPS) is 10.6. The Morgan fingerprint density at radius 3 is 1.00 bits per heavy atom. The van der Waals surface area contributed by atoms with Crippen LogP contribution in [0.15, 0.2) is 97.1 Å². The van der Waals surface area contributed by atoms with E-state index in [1.165, 1.54) is 24.3 Å². The molecule has 0 unspecified atom stereocenters. The van der Waals surface area contributed by atoms with Gasteiger partial charge in [0.05, 0.1) is 21.0 Å². The van der Waals surface area contributed by atoms with Crippen LogP contribution in [0.4, 0.5) is 28.9 Å². The van der Waals surface area contributed by atoms with Crippen LogP contribution in [0.2, 0.25) is 0 Å². The molecule has 12 nitrogen and oxygen atoms in total. The van der Waals surface area contributed by atoms with E-state index in [0.717, 1.165) is 72.8 Å². The largest absolute Gasteiger partial charge is 0.451 e. The van der Waals surface area contributed by atoms with Crippen molar-refractivity contribution in [1.82, 2.24) is 0 Å². The summed E-state index contributed by atoms with van der Waals surface area (Å²) < 4.78 is 79.7. The average Bonchev–Trinajstić information content (AvgIpc) is 3.09. The van der Waals surface area contributed by atoms with E-state index in [-0.39, 0.29) is 45.5 Å². The van der Waals surface area contributed by atoms with E-state index in [1.807, 2.05) is 0 Å². The van der Waals surface area contributed by atoms with Gasteiger partial charge in [0, 0.05) is 24.3 Å². The number of nitro benzene ring substituents is 2. The summed E-state index contributed by atoms with van der Waals surface area (Å²) in [4.78, 5) is 44.8. The Kier molecular flexibility index (Phi) is 9.26. The smallest absolute Gasteiger partial charge is 0.343 e. The molecule has 0 aromatic heterocycles. The van der Waals surface area contributed by atoms with Crippen LogP contribution in [-0.2, 0) is 0 Å². The highest BCUT2D eigenvalue weighted by Crippen LogP contribution is 2.39. The molecule has 0 aliphatic heterocycles. The number of hydrogen-bond donors (Lipinski definition) is 0. The molecule has 48 heavy (non-hydrogen) atoms. The van der Waals surface area contributed by atoms with Gasteiger partial charge in [0.25, 0.3) is 11.4 Å². The molecule has 0 fully saturated rings. The number of rotatable bonds is 10. The summed E-state index contributed by atoms with van der Waals surface area (Å²) in [5.41, 5.74) is -0.481. The summed E-state index contributed by atoms with van der Waals surface area (Å²) in [6.45, 7) is 0. The quantitative estimate of drug-likeness (QED) is 0.0357. The number of carbonyl (C=O) groups is 2. The Balaban J connectivity index is 1.24. The van der Waals surface area contributed by atoms with Gasteiger partial charge in [-0.05, 0) is 72.8 Å². The Morgan fingerprint density at radius 2 is 0.729 bits per heavy atom. The van der Waals surface area contributed by atoms with Crippen LogP contribution < -0.4 is 18.9 Å². The number of benzene rings is 5. The maximum absolute atomic E-state index is 14.9. The SMILES string of the molecule is O=C(Oc1ccc(Oc2c(F)c(F)c(Oc3ccc(OC(=O)c4ccc([N+](=O)[O-])cc4)cc3)c(F)c2F)cc1)c1ccc([N+](=O)[O-])cc1. The van der Waals surface area contributed by atoms with E-state index in [1.54, 1.807) is 0 Å². The molecule has 0 aliphatic carbocycles. The predicted octanol–water partition coefficient (Wildman–Crippen LogP) is 8.08. The highest BCUT2D eigenvalue weighted by Gasteiger charge is 2.29. The molecular formula is C32H16F4N2O10. The third-order valence-electron chi connectivity index (χ3n) is 6.32. The number of hydrogen-bond acceptors (Lipinski definition) is 10. The van der Waals surface area contributed by atoms with Crippen molar-refractivity contribution in [1.29, 1.82) is 0 Å². The van der Waals surface area contributed by atoms with E-state index < -0.39 is 56.6 Å². The minimum absolute atomic E-state index is 0.00242. The predicted molar refractivity (Wildman–Crippen MR) is 155 cm³/mol. The number of esters is 2. The van der Waals surface area contributed by atoms with Crippen molar-refractivity contribution in [2.45, 2.75) is 0 Å². The third-order valence-corrected chi connectivity index (χ3v) is 6.32. The van der Waals surface area contributed by atoms with Gasteiger partial charge in [0.15, 0.2) is 0 Å². The minimum atomic E-state index is -1.92. The zero-order chi connectivity index (χ0) is 34.5. The third kappa shape index (κ3) is 7.17. The summed E-state index contributed by atoms with van der Waals surface area (Å²) in [6.07, 6.45) is 0. The molecule has 0 N–H and O–H groups in total. The number of nitro groups is 2. The topological polar surface area (TPSA) is 157 Å². The van der Waals surface area contributed by atoms with Gasteiger partial charge in [-0.15, -0.1) is 0 Å². The van der Waals surface area contributed by atoms with Crippen molar-refractivity contribution < 1.29 is 55.9 Å². The lowest BCUT2D eigenvalue weighted by Crippen LogP contribution is -2.08. The molecule has 0 aliphatic rings. The second kappa shape index (κ2) is 13.7. The Morgan fingerprint density at radius 1 is 0.458 bits per heavy atom. The number of nitrogens with zero attached hydrogens (tertiary/aromatic N) is 2. The summed E-state index contributed by atoms with van der Waals surface area (Å²) in [5, 5.41) is 21.5. The highest BCUT2D eigenvalue weighted by atomic mass is 19.2. The molecule has 0 amide bonds. The van der Waals surface area contributed by atoms with Crippen molar-refractivity contribution >= 4 is 23.3 Å². The van der Waals surface area contributed by atoms with Gasteiger partial charge in [0.2, 0.25) is 34.8 Å². The van der Waals surface area contributed by atoms with Gasteiger partial charge in [-0.3, -0.25) is 20.2 Å². The number of ether oxygens (including phenoxy) is 4. The number of halogens is 4. The van der Waals surface area contributed by atoms with Crippen LogP contribution in [-0.4, -0.2) is 21.8 Å². The molecule has 0 spiro atoms. The zero-order valence-electron chi connectivity index (χ0n) is 23.7. The van der Waals surface area contributed by atoms with Gasteiger partial charge in [-0.2, -0.15) is 17.6 Å². The molecule has 5 aromatic rings. The first-order chi connectivity index (χ1) is 22.9. The van der Waals surface area contributed by atoms with Gasteiger partial charge >= 0.3 is 11.9 Å². The van der Waals surface area contributed by atoms with Crippen LogP contribution in [0.1, 0.15) is 20.7 Å². The lowest BCUT2D eigenvalue weighted by Gasteiger charge is -2.14. The molecule has 0 radical (unpaired) electrons. The first kappa shape index (κ1) is 32.6. The van der Waals surface area contributed by atoms with Crippen molar-refractivity contribution in [3.05, 3.63) is 152 Å². The fraction of sp³-hybridized carbons (Fsp3) is 0. The van der Waals surface area contributed by atoms with Crippen molar-refractivity contribution in [3.63, 3.8) is 0 Å². The lowest BCUT2D eigenvalue weighted by molar-refractivity contribution is -0.385. The zero-order valence-corrected chi connectivity index (χ0v) is 23.7. The number of non-ortho nitro benzene ring substituents is 2. The standard InChI is InChI=1S/C32H16F4N2O10/c33-25-27(35)30(46-22-11-15-24(16-12-22)48-32(40)18-3-7-20(8-4-18)38(43)44)28(36)26(34)29(25)45-21-9-13-23(14-10-21)47-31(39)17-1-5-19(6-2-17)37(41)42/h1-16H. The van der Waals surface area contributed by atoms with E-state index in [9.17, 15) is 47.4 Å². The van der Waals surface area contributed by atoms with Gasteiger partial charge in [-0.25, -0.2) is 9.59 Å². The Bertz CT molecular complexity index is 1860. The van der Waals surface area contributed by atoms with Crippen molar-refractivity contribution in [2.24, 2.45) is 0 Å². The Labute approximate surface area is 265 Å². The molecule has 0 atom stereocenters. The minimum Gasteiger partial charge on any atom is -0.451 e. The van der Waals surface area contributed by atoms with E-state index >= 15 is 0 Å². The monoisotopic (exact) mass is 664 g/mol. The summed E-state index contributed by atoms with van der Waals surface area (Å²) >= 11 is 0. The lowest BCUT2D eigenvalue weighted by atomic mass is 10.2. The second-order valence-corrected chi connectivity index (χ2v) is 9.45. The molecule has 242 valence electrons. The first-order valence-electron chi connectivity index (χ1n) is 13.3. The molecule has 16 heteroatoms. The van der Waals surface area contributed by atoms with Crippen LogP contribution in [0.3, 0.4) is 0 Å². The van der Waals surface area contributed by atoms with Gasteiger partial charge < -0.3 is 18.9 Å². The van der Waals surface area contributed by atoms with Crippen molar-refractivity contribution in [2.75, 3.05) is 0 Å². The van der Waals surface area contributed by atoms with Gasteiger partial charge in [-0.1, -0.05) is 0 Å². The van der Waals surface area contributed by atoms with Gasteiger partial charge in [0.1, 0.15) is 23.0 Å². The molecule has 0 heterocycles. The molecule has 5 rings (SSSR count). The van der Waals surface area contributed by atoms with Crippen LogP contribution in [0.25, 0.3) is 0 Å². The highest BCUT2D eigenvalue weighted by molar-refractivity contribution is 5.91. The average molecular weight is 664 g/mol. The Hall–Kier alpha value is -6.84.